The lowest BCUT2D eigenvalue weighted by molar-refractivity contribution is -0.124. The summed E-state index contributed by atoms with van der Waals surface area (Å²) in [6, 6.07) is 6.69. The van der Waals surface area contributed by atoms with Crippen molar-refractivity contribution in [2.45, 2.75) is 13.0 Å². The minimum Gasteiger partial charge on any atom is -0.353 e. The van der Waals surface area contributed by atoms with E-state index in [4.69, 9.17) is 5.26 Å². The maximum atomic E-state index is 12.0. The lowest BCUT2D eigenvalue weighted by atomic mass is 10.1. The summed E-state index contributed by atoms with van der Waals surface area (Å²) in [4.78, 5) is 23.0. The molecule has 0 spiro atoms. The average molecular weight is 258 g/mol. The van der Waals surface area contributed by atoms with Crippen molar-refractivity contribution in [1.82, 2.24) is 10.6 Å². The van der Waals surface area contributed by atoms with Crippen molar-refractivity contribution < 1.29 is 9.59 Å². The number of amides is 2. The van der Waals surface area contributed by atoms with Crippen LogP contribution in [-0.2, 0) is 9.59 Å². The predicted molar refractivity (Wildman–Crippen MR) is 69.3 cm³/mol. The van der Waals surface area contributed by atoms with E-state index in [-0.39, 0.29) is 24.9 Å². The minimum atomic E-state index is -0.456. The lowest BCUT2D eigenvalue weighted by Gasteiger charge is -2.23. The molecule has 1 unspecified atom stereocenters. The van der Waals surface area contributed by atoms with Gasteiger partial charge in [0.15, 0.2) is 0 Å². The van der Waals surface area contributed by atoms with E-state index in [1.807, 2.05) is 13.0 Å². The molecule has 0 bridgehead atoms. The molecule has 1 aliphatic heterocycles. The standard InChI is InChI=1S/C13H14N4O2/c1-8-2-3-9(5-14)4-10(8)17-13(19)11-6-16-12(18)7-15-11/h2-4,11,15H,6-7H2,1H3,(H,16,18)(H,17,19). The van der Waals surface area contributed by atoms with Crippen LogP contribution < -0.4 is 16.0 Å². The van der Waals surface area contributed by atoms with Gasteiger partial charge in [-0.15, -0.1) is 0 Å². The number of benzene rings is 1. The number of aryl methyl sites for hydroxylation is 1. The van der Waals surface area contributed by atoms with E-state index in [9.17, 15) is 9.59 Å². The Kier molecular flexibility index (Phi) is 3.78. The molecule has 1 atom stereocenters. The van der Waals surface area contributed by atoms with E-state index >= 15 is 0 Å². The number of hydrogen-bond acceptors (Lipinski definition) is 4. The molecule has 1 aromatic carbocycles. The van der Waals surface area contributed by atoms with Crippen LogP contribution in [0.3, 0.4) is 0 Å². The average Bonchev–Trinajstić information content (AvgIpc) is 2.42. The zero-order chi connectivity index (χ0) is 13.8. The molecule has 1 aliphatic rings. The molecule has 1 saturated heterocycles. The van der Waals surface area contributed by atoms with Crippen LogP contribution in [0.1, 0.15) is 11.1 Å². The van der Waals surface area contributed by atoms with Gasteiger partial charge in [0.25, 0.3) is 0 Å². The maximum Gasteiger partial charge on any atom is 0.243 e. The van der Waals surface area contributed by atoms with Crippen LogP contribution in [0, 0.1) is 18.3 Å². The number of nitriles is 1. The van der Waals surface area contributed by atoms with Gasteiger partial charge in [0.2, 0.25) is 11.8 Å². The van der Waals surface area contributed by atoms with Crippen LogP contribution in [0.5, 0.6) is 0 Å². The Bertz CT molecular complexity index is 552. The third kappa shape index (κ3) is 3.09. The molecule has 1 aromatic rings. The second-order valence-corrected chi connectivity index (χ2v) is 4.37. The Labute approximate surface area is 110 Å². The highest BCUT2D eigenvalue weighted by Gasteiger charge is 2.23. The molecule has 0 saturated carbocycles. The molecule has 2 amide bonds. The van der Waals surface area contributed by atoms with Gasteiger partial charge in [-0.1, -0.05) is 6.07 Å². The fourth-order valence-corrected chi connectivity index (χ4v) is 1.80. The Morgan fingerprint density at radius 1 is 1.53 bits per heavy atom. The Morgan fingerprint density at radius 3 is 2.95 bits per heavy atom. The summed E-state index contributed by atoms with van der Waals surface area (Å²) in [6.45, 7) is 2.25. The molecule has 98 valence electrons. The first-order valence-corrected chi connectivity index (χ1v) is 5.92. The summed E-state index contributed by atoms with van der Waals surface area (Å²) in [6.07, 6.45) is 0. The highest BCUT2D eigenvalue weighted by molar-refractivity contribution is 5.97. The van der Waals surface area contributed by atoms with E-state index < -0.39 is 6.04 Å². The van der Waals surface area contributed by atoms with Crippen LogP contribution in [0.15, 0.2) is 18.2 Å². The molecule has 19 heavy (non-hydrogen) atoms. The fourth-order valence-electron chi connectivity index (χ4n) is 1.80. The Balaban J connectivity index is 2.06. The molecule has 6 heteroatoms. The van der Waals surface area contributed by atoms with Crippen molar-refractivity contribution in [3.8, 4) is 6.07 Å². The zero-order valence-corrected chi connectivity index (χ0v) is 10.5. The van der Waals surface area contributed by atoms with Crippen LogP contribution in [0.25, 0.3) is 0 Å². The number of anilines is 1. The van der Waals surface area contributed by atoms with Crippen molar-refractivity contribution >= 4 is 17.5 Å². The van der Waals surface area contributed by atoms with Crippen molar-refractivity contribution in [3.63, 3.8) is 0 Å². The first-order chi connectivity index (χ1) is 9.10. The number of rotatable bonds is 2. The largest absolute Gasteiger partial charge is 0.353 e. The van der Waals surface area contributed by atoms with E-state index in [2.05, 4.69) is 16.0 Å². The van der Waals surface area contributed by atoms with Gasteiger partial charge < -0.3 is 10.6 Å². The molecule has 6 nitrogen and oxygen atoms in total. The van der Waals surface area contributed by atoms with Crippen LogP contribution in [0.2, 0.25) is 0 Å². The topological polar surface area (TPSA) is 94.0 Å². The molecule has 1 fully saturated rings. The third-order valence-electron chi connectivity index (χ3n) is 2.95. The SMILES string of the molecule is Cc1ccc(C#N)cc1NC(=O)C1CNC(=O)CN1. The first-order valence-electron chi connectivity index (χ1n) is 5.92. The summed E-state index contributed by atoms with van der Waals surface area (Å²) in [5.41, 5.74) is 1.99. The molecular formula is C13H14N4O2. The summed E-state index contributed by atoms with van der Waals surface area (Å²) >= 11 is 0. The molecule has 0 radical (unpaired) electrons. The van der Waals surface area contributed by atoms with E-state index in [0.29, 0.717) is 11.3 Å². The van der Waals surface area contributed by atoms with Crippen LogP contribution in [0.4, 0.5) is 5.69 Å². The second-order valence-electron chi connectivity index (χ2n) is 4.37. The quantitative estimate of drug-likeness (QED) is 0.690. The minimum absolute atomic E-state index is 0.119. The normalized spacial score (nSPS) is 18.3. The number of carbonyl (C=O) groups excluding carboxylic acids is 2. The number of nitrogens with one attached hydrogen (secondary N) is 3. The van der Waals surface area contributed by atoms with Crippen molar-refractivity contribution in [3.05, 3.63) is 29.3 Å². The molecule has 0 aliphatic carbocycles. The van der Waals surface area contributed by atoms with Gasteiger partial charge in [0.05, 0.1) is 18.2 Å². The number of carbonyl (C=O) groups is 2. The number of piperazine rings is 1. The number of hydrogen-bond donors (Lipinski definition) is 3. The molecular weight excluding hydrogens is 244 g/mol. The van der Waals surface area contributed by atoms with Crippen molar-refractivity contribution in [1.29, 1.82) is 5.26 Å². The second kappa shape index (κ2) is 5.50. The summed E-state index contributed by atoms with van der Waals surface area (Å²) in [5.74, 6) is -0.343. The van der Waals surface area contributed by atoms with Gasteiger partial charge in [0, 0.05) is 12.2 Å². The van der Waals surface area contributed by atoms with Gasteiger partial charge in [-0.25, -0.2) is 0 Å². The van der Waals surface area contributed by atoms with Crippen molar-refractivity contribution in [2.75, 3.05) is 18.4 Å². The van der Waals surface area contributed by atoms with Crippen LogP contribution in [-0.4, -0.2) is 30.9 Å². The van der Waals surface area contributed by atoms with Gasteiger partial charge in [-0.2, -0.15) is 5.26 Å². The smallest absolute Gasteiger partial charge is 0.243 e. The van der Waals surface area contributed by atoms with Gasteiger partial charge >= 0.3 is 0 Å². The molecule has 1 heterocycles. The molecule has 3 N–H and O–H groups in total. The monoisotopic (exact) mass is 258 g/mol. The highest BCUT2D eigenvalue weighted by Crippen LogP contribution is 2.16. The van der Waals surface area contributed by atoms with Gasteiger partial charge in [-0.3, -0.25) is 14.9 Å². The zero-order valence-electron chi connectivity index (χ0n) is 10.5. The lowest BCUT2D eigenvalue weighted by Crippen LogP contribution is -2.56. The van der Waals surface area contributed by atoms with Crippen molar-refractivity contribution in [2.24, 2.45) is 0 Å². The molecule has 0 aromatic heterocycles. The summed E-state index contributed by atoms with van der Waals surface area (Å²) < 4.78 is 0. The highest BCUT2D eigenvalue weighted by atomic mass is 16.2. The maximum absolute atomic E-state index is 12.0. The Morgan fingerprint density at radius 2 is 2.32 bits per heavy atom. The predicted octanol–water partition coefficient (Wildman–Crippen LogP) is -0.107. The van der Waals surface area contributed by atoms with Crippen LogP contribution >= 0.6 is 0 Å². The van der Waals surface area contributed by atoms with E-state index in [0.717, 1.165) is 5.56 Å². The fraction of sp³-hybridized carbons (Fsp3) is 0.308. The van der Waals surface area contributed by atoms with E-state index in [1.54, 1.807) is 18.2 Å². The Hall–Kier alpha value is -2.39. The summed E-state index contributed by atoms with van der Waals surface area (Å²) in [7, 11) is 0. The van der Waals surface area contributed by atoms with Gasteiger partial charge in [0.1, 0.15) is 6.04 Å². The van der Waals surface area contributed by atoms with Gasteiger partial charge in [-0.05, 0) is 24.6 Å². The molecule has 2 rings (SSSR count). The van der Waals surface area contributed by atoms with E-state index in [1.165, 1.54) is 0 Å². The number of nitrogens with zero attached hydrogens (tertiary/aromatic N) is 1. The first kappa shape index (κ1) is 13.1. The summed E-state index contributed by atoms with van der Waals surface area (Å²) in [5, 5.41) is 17.1. The third-order valence-corrected chi connectivity index (χ3v) is 2.95.